The maximum absolute atomic E-state index is 11.5. The number of hydrogen-bond donors (Lipinski definition) is 0. The van der Waals surface area contributed by atoms with Crippen molar-refractivity contribution >= 4 is 23.6 Å². The number of nitrogens with zero attached hydrogens (tertiary/aromatic N) is 4. The lowest BCUT2D eigenvalue weighted by Crippen LogP contribution is -2.29. The third kappa shape index (κ3) is 2.88. The van der Waals surface area contributed by atoms with Crippen molar-refractivity contribution < 1.29 is 9.59 Å². The predicted molar refractivity (Wildman–Crippen MR) is 71.1 cm³/mol. The zero-order valence-corrected chi connectivity index (χ0v) is 9.93. The number of rotatable bonds is 4. The Bertz CT molecular complexity index is 592. The van der Waals surface area contributed by atoms with Crippen molar-refractivity contribution in [2.75, 3.05) is 11.4 Å². The SMILES string of the molecule is [N-]=[N+]=NCC=Cc1ccc(N2C(=O)C=CC2=O)cc1. The van der Waals surface area contributed by atoms with Gasteiger partial charge in [0.1, 0.15) is 0 Å². The second-order valence-electron chi connectivity index (χ2n) is 3.75. The van der Waals surface area contributed by atoms with Crippen molar-refractivity contribution in [3.05, 3.63) is 58.5 Å². The second kappa shape index (κ2) is 5.66. The Labute approximate surface area is 109 Å². The molecule has 0 unspecified atom stereocenters. The number of carbonyl (C=O) groups excluding carboxylic acids is 2. The predicted octanol–water partition coefficient (Wildman–Crippen LogP) is 2.44. The van der Waals surface area contributed by atoms with Crippen molar-refractivity contribution in [3.63, 3.8) is 0 Å². The van der Waals surface area contributed by atoms with E-state index in [0.29, 0.717) is 5.69 Å². The lowest BCUT2D eigenvalue weighted by molar-refractivity contribution is -0.119. The third-order valence-corrected chi connectivity index (χ3v) is 2.52. The lowest BCUT2D eigenvalue weighted by atomic mass is 10.2. The first kappa shape index (κ1) is 12.6. The van der Waals surface area contributed by atoms with E-state index in [0.717, 1.165) is 10.5 Å². The van der Waals surface area contributed by atoms with Gasteiger partial charge >= 0.3 is 0 Å². The van der Waals surface area contributed by atoms with Crippen molar-refractivity contribution in [1.29, 1.82) is 0 Å². The molecule has 1 aromatic rings. The van der Waals surface area contributed by atoms with E-state index in [1.54, 1.807) is 36.4 Å². The highest BCUT2D eigenvalue weighted by Crippen LogP contribution is 2.19. The van der Waals surface area contributed by atoms with Gasteiger partial charge in [-0.25, -0.2) is 4.90 Å². The lowest BCUT2D eigenvalue weighted by Gasteiger charge is -2.13. The standard InChI is InChI=1S/C13H10N4O2/c14-16-15-9-1-2-10-3-5-11(6-4-10)17-12(18)7-8-13(17)19/h1-8H,9H2. The molecule has 0 saturated heterocycles. The summed E-state index contributed by atoms with van der Waals surface area (Å²) in [7, 11) is 0. The molecular formula is C13H10N4O2. The third-order valence-electron chi connectivity index (χ3n) is 2.52. The van der Waals surface area contributed by atoms with Gasteiger partial charge in [-0.15, -0.1) is 0 Å². The summed E-state index contributed by atoms with van der Waals surface area (Å²) in [5, 5.41) is 3.38. The minimum Gasteiger partial charge on any atom is -0.269 e. The number of hydrogen-bond acceptors (Lipinski definition) is 3. The van der Waals surface area contributed by atoms with Crippen LogP contribution in [-0.4, -0.2) is 18.4 Å². The molecule has 0 saturated carbocycles. The van der Waals surface area contributed by atoms with E-state index in [9.17, 15) is 9.59 Å². The summed E-state index contributed by atoms with van der Waals surface area (Å²) in [6.07, 6.45) is 6.01. The average Bonchev–Trinajstić information content (AvgIpc) is 2.75. The average molecular weight is 254 g/mol. The molecule has 6 heteroatoms. The molecule has 0 radical (unpaired) electrons. The van der Waals surface area contributed by atoms with E-state index >= 15 is 0 Å². The molecule has 0 N–H and O–H groups in total. The zero-order valence-electron chi connectivity index (χ0n) is 9.93. The Morgan fingerprint density at radius 2 is 1.79 bits per heavy atom. The van der Waals surface area contributed by atoms with Gasteiger partial charge in [0, 0.05) is 23.6 Å². The quantitative estimate of drug-likeness (QED) is 0.357. The second-order valence-corrected chi connectivity index (χ2v) is 3.75. The van der Waals surface area contributed by atoms with Crippen LogP contribution in [0, 0.1) is 0 Å². The van der Waals surface area contributed by atoms with E-state index in [2.05, 4.69) is 10.0 Å². The molecule has 0 aliphatic carbocycles. The van der Waals surface area contributed by atoms with Crippen LogP contribution in [0.15, 0.2) is 47.6 Å². The molecule has 2 rings (SSSR count). The van der Waals surface area contributed by atoms with Gasteiger partial charge in [-0.3, -0.25) is 9.59 Å². The van der Waals surface area contributed by atoms with Gasteiger partial charge < -0.3 is 0 Å². The summed E-state index contributed by atoms with van der Waals surface area (Å²) in [4.78, 5) is 26.7. The van der Waals surface area contributed by atoms with Crippen molar-refractivity contribution in [2.24, 2.45) is 5.11 Å². The molecule has 0 bridgehead atoms. The van der Waals surface area contributed by atoms with Gasteiger partial charge in [0.15, 0.2) is 0 Å². The summed E-state index contributed by atoms with van der Waals surface area (Å²) in [5.74, 6) is -0.673. The molecule has 1 aliphatic heterocycles. The number of imide groups is 1. The summed E-state index contributed by atoms with van der Waals surface area (Å²) < 4.78 is 0. The van der Waals surface area contributed by atoms with Crippen LogP contribution in [0.4, 0.5) is 5.69 Å². The molecule has 1 heterocycles. The van der Waals surface area contributed by atoms with Crippen molar-refractivity contribution in [2.45, 2.75) is 0 Å². The topological polar surface area (TPSA) is 86.1 Å². The molecule has 94 valence electrons. The Morgan fingerprint density at radius 3 is 2.37 bits per heavy atom. The van der Waals surface area contributed by atoms with Gasteiger partial charge in [0.05, 0.1) is 5.69 Å². The van der Waals surface area contributed by atoms with Crippen LogP contribution >= 0.6 is 0 Å². The number of azide groups is 1. The highest BCUT2D eigenvalue weighted by atomic mass is 16.2. The summed E-state index contributed by atoms with van der Waals surface area (Å²) in [6.45, 7) is 0.283. The summed E-state index contributed by atoms with van der Waals surface area (Å²) in [5.41, 5.74) is 9.55. The molecule has 0 aromatic heterocycles. The van der Waals surface area contributed by atoms with E-state index in [4.69, 9.17) is 5.53 Å². The molecule has 2 amide bonds. The monoisotopic (exact) mass is 254 g/mol. The van der Waals surface area contributed by atoms with E-state index in [1.807, 2.05) is 0 Å². The molecule has 1 aliphatic rings. The maximum Gasteiger partial charge on any atom is 0.258 e. The number of anilines is 1. The largest absolute Gasteiger partial charge is 0.269 e. The molecule has 0 fully saturated rings. The van der Waals surface area contributed by atoms with Crippen LogP contribution in [0.25, 0.3) is 16.5 Å². The van der Waals surface area contributed by atoms with E-state index < -0.39 is 0 Å². The smallest absolute Gasteiger partial charge is 0.258 e. The number of benzene rings is 1. The van der Waals surface area contributed by atoms with Gasteiger partial charge in [-0.2, -0.15) is 0 Å². The number of amides is 2. The van der Waals surface area contributed by atoms with Crippen LogP contribution in [-0.2, 0) is 9.59 Å². The minimum absolute atomic E-state index is 0.283. The molecule has 1 aromatic carbocycles. The van der Waals surface area contributed by atoms with E-state index in [-0.39, 0.29) is 18.4 Å². The van der Waals surface area contributed by atoms with Gasteiger partial charge in [-0.05, 0) is 23.2 Å². The molecule has 0 atom stereocenters. The maximum atomic E-state index is 11.5. The Hall–Kier alpha value is -2.85. The number of carbonyl (C=O) groups is 2. The van der Waals surface area contributed by atoms with Crippen LogP contribution in [0.1, 0.15) is 5.56 Å². The Balaban J connectivity index is 2.10. The fraction of sp³-hybridized carbons (Fsp3) is 0.0769. The van der Waals surface area contributed by atoms with Crippen LogP contribution in [0.3, 0.4) is 0 Å². The fourth-order valence-corrected chi connectivity index (χ4v) is 1.66. The first-order valence-corrected chi connectivity index (χ1v) is 5.56. The van der Waals surface area contributed by atoms with Gasteiger partial charge in [0.2, 0.25) is 0 Å². The van der Waals surface area contributed by atoms with Crippen molar-refractivity contribution in [1.82, 2.24) is 0 Å². The molecular weight excluding hydrogens is 244 g/mol. The molecule has 6 nitrogen and oxygen atoms in total. The first-order valence-electron chi connectivity index (χ1n) is 5.56. The molecule has 0 spiro atoms. The summed E-state index contributed by atoms with van der Waals surface area (Å²) >= 11 is 0. The minimum atomic E-state index is -0.336. The highest BCUT2D eigenvalue weighted by Gasteiger charge is 2.24. The van der Waals surface area contributed by atoms with Crippen LogP contribution in [0.5, 0.6) is 0 Å². The highest BCUT2D eigenvalue weighted by molar-refractivity contribution is 6.28. The normalized spacial score (nSPS) is 14.2. The Morgan fingerprint density at radius 1 is 1.16 bits per heavy atom. The van der Waals surface area contributed by atoms with E-state index in [1.165, 1.54) is 12.2 Å². The summed E-state index contributed by atoms with van der Waals surface area (Å²) in [6, 6.07) is 6.94. The first-order chi connectivity index (χ1) is 9.22. The fourth-order valence-electron chi connectivity index (χ4n) is 1.66. The van der Waals surface area contributed by atoms with Crippen molar-refractivity contribution in [3.8, 4) is 0 Å². The van der Waals surface area contributed by atoms with Crippen LogP contribution in [0.2, 0.25) is 0 Å². The van der Waals surface area contributed by atoms with Gasteiger partial charge in [0.25, 0.3) is 11.8 Å². The zero-order chi connectivity index (χ0) is 13.7. The Kier molecular flexibility index (Phi) is 3.75. The molecule has 19 heavy (non-hydrogen) atoms. The van der Waals surface area contributed by atoms with Gasteiger partial charge in [-0.1, -0.05) is 29.4 Å². The van der Waals surface area contributed by atoms with Crippen LogP contribution < -0.4 is 4.90 Å².